The number of anilines is 1. The van der Waals surface area contributed by atoms with E-state index in [0.29, 0.717) is 17.4 Å². The number of hydrogen-bond acceptors (Lipinski definition) is 3. The molecule has 0 bridgehead atoms. The fraction of sp³-hybridized carbons (Fsp3) is 0.389. The van der Waals surface area contributed by atoms with Crippen LogP contribution in [0.1, 0.15) is 66.0 Å². The van der Waals surface area contributed by atoms with Gasteiger partial charge in [0.25, 0.3) is 5.91 Å². The summed E-state index contributed by atoms with van der Waals surface area (Å²) in [5, 5.41) is 2.91. The Morgan fingerprint density at radius 1 is 1.23 bits per heavy atom. The number of benzene rings is 1. The van der Waals surface area contributed by atoms with Gasteiger partial charge >= 0.3 is 0 Å². The summed E-state index contributed by atoms with van der Waals surface area (Å²) in [7, 11) is 0. The molecule has 1 saturated carbocycles. The highest BCUT2D eigenvalue weighted by molar-refractivity contribution is 6.04. The highest BCUT2D eigenvalue weighted by atomic mass is 16.1. The van der Waals surface area contributed by atoms with E-state index in [2.05, 4.69) is 29.1 Å². The van der Waals surface area contributed by atoms with Crippen molar-refractivity contribution >= 4 is 11.6 Å². The van der Waals surface area contributed by atoms with Crippen molar-refractivity contribution in [3.05, 3.63) is 53.1 Å². The molecule has 4 heteroatoms. The Kier molecular flexibility index (Phi) is 3.92. The molecule has 1 aromatic heterocycles. The van der Waals surface area contributed by atoms with Gasteiger partial charge in [-0.2, -0.15) is 0 Å². The van der Waals surface area contributed by atoms with Crippen LogP contribution in [0.2, 0.25) is 0 Å². The molecule has 1 N–H and O–H groups in total. The first kappa shape index (κ1) is 14.7. The summed E-state index contributed by atoms with van der Waals surface area (Å²) in [6.07, 6.45) is 3.97. The fourth-order valence-corrected chi connectivity index (χ4v) is 2.40. The largest absolute Gasteiger partial charge is 0.322 e. The van der Waals surface area contributed by atoms with Crippen LogP contribution >= 0.6 is 0 Å². The number of aromatic nitrogens is 2. The molecule has 114 valence electrons. The van der Waals surface area contributed by atoms with Crippen molar-refractivity contribution in [2.45, 2.75) is 45.4 Å². The van der Waals surface area contributed by atoms with E-state index in [4.69, 9.17) is 0 Å². The molecule has 1 aliphatic carbocycles. The topological polar surface area (TPSA) is 54.9 Å². The van der Waals surface area contributed by atoms with Gasteiger partial charge in [0.05, 0.1) is 11.3 Å². The van der Waals surface area contributed by atoms with Crippen molar-refractivity contribution < 1.29 is 4.79 Å². The summed E-state index contributed by atoms with van der Waals surface area (Å²) in [6.45, 7) is 6.16. The Labute approximate surface area is 131 Å². The maximum atomic E-state index is 12.4. The minimum Gasteiger partial charge on any atom is -0.322 e. The maximum absolute atomic E-state index is 12.4. The summed E-state index contributed by atoms with van der Waals surface area (Å²) in [5.41, 5.74) is 3.33. The average molecular weight is 295 g/mol. The number of nitrogens with one attached hydrogen (secondary N) is 1. The molecule has 0 aliphatic heterocycles. The quantitative estimate of drug-likeness (QED) is 0.926. The second kappa shape index (κ2) is 5.87. The molecule has 1 heterocycles. The lowest BCUT2D eigenvalue weighted by Crippen LogP contribution is -2.15. The zero-order chi connectivity index (χ0) is 15.7. The third-order valence-corrected chi connectivity index (χ3v) is 4.02. The molecular weight excluding hydrogens is 274 g/mol. The van der Waals surface area contributed by atoms with Crippen LogP contribution in [-0.4, -0.2) is 15.9 Å². The average Bonchev–Trinajstić information content (AvgIpc) is 3.32. The van der Waals surface area contributed by atoms with E-state index in [1.54, 1.807) is 6.20 Å². The van der Waals surface area contributed by atoms with E-state index in [9.17, 15) is 4.79 Å². The third-order valence-electron chi connectivity index (χ3n) is 4.02. The summed E-state index contributed by atoms with van der Waals surface area (Å²) < 4.78 is 0. The van der Waals surface area contributed by atoms with E-state index in [1.165, 1.54) is 5.56 Å². The van der Waals surface area contributed by atoms with Crippen LogP contribution in [0.5, 0.6) is 0 Å². The lowest BCUT2D eigenvalue weighted by molar-refractivity contribution is 0.102. The van der Waals surface area contributed by atoms with Crippen molar-refractivity contribution in [1.82, 2.24) is 9.97 Å². The Balaban J connectivity index is 1.73. The van der Waals surface area contributed by atoms with Gasteiger partial charge in [0, 0.05) is 17.8 Å². The van der Waals surface area contributed by atoms with Crippen molar-refractivity contribution in [3.8, 4) is 0 Å². The number of rotatable bonds is 4. The van der Waals surface area contributed by atoms with E-state index < -0.39 is 0 Å². The molecule has 0 spiro atoms. The molecule has 4 nitrogen and oxygen atoms in total. The summed E-state index contributed by atoms with van der Waals surface area (Å²) >= 11 is 0. The van der Waals surface area contributed by atoms with Gasteiger partial charge in [-0.15, -0.1) is 0 Å². The first-order chi connectivity index (χ1) is 10.5. The van der Waals surface area contributed by atoms with Crippen LogP contribution in [0.25, 0.3) is 0 Å². The van der Waals surface area contributed by atoms with Crippen LogP contribution in [-0.2, 0) is 0 Å². The summed E-state index contributed by atoms with van der Waals surface area (Å²) in [4.78, 5) is 21.2. The molecule has 0 radical (unpaired) electrons. The van der Waals surface area contributed by atoms with Gasteiger partial charge in [0.2, 0.25) is 0 Å². The Morgan fingerprint density at radius 2 is 1.91 bits per heavy atom. The van der Waals surface area contributed by atoms with Gasteiger partial charge in [-0.25, -0.2) is 9.97 Å². The molecule has 1 aliphatic rings. The molecule has 0 atom stereocenters. The minimum absolute atomic E-state index is 0.155. The standard InChI is InChI=1S/C18H21N3O/c1-11(2)13-6-8-15(9-7-13)21-18(22)16-10-19-17(14-4-5-14)20-12(16)3/h6-11,14H,4-5H2,1-3H3,(H,21,22). The van der Waals surface area contributed by atoms with Crippen LogP contribution in [0.3, 0.4) is 0 Å². The van der Waals surface area contributed by atoms with Crippen LogP contribution < -0.4 is 5.32 Å². The van der Waals surface area contributed by atoms with Crippen molar-refractivity contribution in [1.29, 1.82) is 0 Å². The van der Waals surface area contributed by atoms with Gasteiger partial charge in [-0.05, 0) is 43.4 Å². The molecule has 2 aromatic rings. The number of amides is 1. The Hall–Kier alpha value is -2.23. The molecular formula is C18H21N3O. The molecule has 0 saturated heterocycles. The Bertz CT molecular complexity index is 688. The summed E-state index contributed by atoms with van der Waals surface area (Å²) in [6, 6.07) is 7.95. The second-order valence-corrected chi connectivity index (χ2v) is 6.23. The molecule has 3 rings (SSSR count). The lowest BCUT2D eigenvalue weighted by atomic mass is 10.0. The predicted molar refractivity (Wildman–Crippen MR) is 87.2 cm³/mol. The molecule has 1 aromatic carbocycles. The van der Waals surface area contributed by atoms with E-state index >= 15 is 0 Å². The fourth-order valence-electron chi connectivity index (χ4n) is 2.40. The van der Waals surface area contributed by atoms with E-state index in [0.717, 1.165) is 30.0 Å². The maximum Gasteiger partial charge on any atom is 0.259 e. The Morgan fingerprint density at radius 3 is 2.45 bits per heavy atom. The van der Waals surface area contributed by atoms with Crippen LogP contribution in [0, 0.1) is 6.92 Å². The first-order valence-corrected chi connectivity index (χ1v) is 7.79. The third kappa shape index (κ3) is 3.16. The highest BCUT2D eigenvalue weighted by Gasteiger charge is 2.27. The highest BCUT2D eigenvalue weighted by Crippen LogP contribution is 2.37. The van der Waals surface area contributed by atoms with Gasteiger partial charge < -0.3 is 5.32 Å². The first-order valence-electron chi connectivity index (χ1n) is 7.79. The molecule has 22 heavy (non-hydrogen) atoms. The number of nitrogens with zero attached hydrogens (tertiary/aromatic N) is 2. The molecule has 1 fully saturated rings. The van der Waals surface area contributed by atoms with Crippen molar-refractivity contribution in [2.75, 3.05) is 5.32 Å². The van der Waals surface area contributed by atoms with E-state index in [1.807, 2.05) is 31.2 Å². The zero-order valence-corrected chi connectivity index (χ0v) is 13.3. The lowest BCUT2D eigenvalue weighted by Gasteiger charge is -2.10. The smallest absolute Gasteiger partial charge is 0.259 e. The van der Waals surface area contributed by atoms with Crippen molar-refractivity contribution in [2.24, 2.45) is 0 Å². The van der Waals surface area contributed by atoms with Gasteiger partial charge in [-0.3, -0.25) is 4.79 Å². The molecule has 0 unspecified atom stereocenters. The van der Waals surface area contributed by atoms with E-state index in [-0.39, 0.29) is 5.91 Å². The van der Waals surface area contributed by atoms with Gasteiger partial charge in [0.1, 0.15) is 5.82 Å². The van der Waals surface area contributed by atoms with Gasteiger partial charge in [-0.1, -0.05) is 26.0 Å². The SMILES string of the molecule is Cc1nc(C2CC2)ncc1C(=O)Nc1ccc(C(C)C)cc1. The van der Waals surface area contributed by atoms with Crippen LogP contribution in [0.15, 0.2) is 30.5 Å². The van der Waals surface area contributed by atoms with Gasteiger partial charge in [0.15, 0.2) is 0 Å². The monoisotopic (exact) mass is 295 g/mol. The molecule has 1 amide bonds. The zero-order valence-electron chi connectivity index (χ0n) is 13.3. The normalized spacial score (nSPS) is 14.2. The number of hydrogen-bond donors (Lipinski definition) is 1. The van der Waals surface area contributed by atoms with Crippen LogP contribution in [0.4, 0.5) is 5.69 Å². The second-order valence-electron chi connectivity index (χ2n) is 6.23. The number of carbonyl (C=O) groups excluding carboxylic acids is 1. The number of aryl methyl sites for hydroxylation is 1. The summed E-state index contributed by atoms with van der Waals surface area (Å²) in [5.74, 6) is 1.70. The minimum atomic E-state index is -0.155. The van der Waals surface area contributed by atoms with Crippen molar-refractivity contribution in [3.63, 3.8) is 0 Å². The predicted octanol–water partition coefficient (Wildman–Crippen LogP) is 4.04. The number of carbonyl (C=O) groups is 1.